The molecule has 1 amide bonds. The second-order valence-corrected chi connectivity index (χ2v) is 5.47. The van der Waals surface area contributed by atoms with E-state index in [1.54, 1.807) is 0 Å². The van der Waals surface area contributed by atoms with E-state index in [-0.39, 0.29) is 16.9 Å². The average Bonchev–Trinajstić information content (AvgIpc) is 2.65. The predicted molar refractivity (Wildman–Crippen MR) is 88.2 cm³/mol. The van der Waals surface area contributed by atoms with Gasteiger partial charge in [0.25, 0.3) is 5.91 Å². The van der Waals surface area contributed by atoms with Crippen molar-refractivity contribution in [1.29, 1.82) is 0 Å². The van der Waals surface area contributed by atoms with Crippen LogP contribution in [0.4, 0.5) is 4.39 Å². The molecule has 0 saturated heterocycles. The lowest BCUT2D eigenvalue weighted by Crippen LogP contribution is -2.34. The van der Waals surface area contributed by atoms with Crippen LogP contribution in [0.2, 0.25) is 0 Å². The summed E-state index contributed by atoms with van der Waals surface area (Å²) in [5, 5.41) is 11.7. The molecule has 1 aliphatic heterocycles. The molecule has 0 fully saturated rings. The fourth-order valence-electron chi connectivity index (χ4n) is 2.60. The number of benzene rings is 2. The first-order valence-electron chi connectivity index (χ1n) is 7.77. The molecule has 8 heteroatoms. The second kappa shape index (κ2) is 7.30. The van der Waals surface area contributed by atoms with Gasteiger partial charge in [-0.25, -0.2) is 9.18 Å². The number of ether oxygens (including phenoxy) is 3. The number of hydrogen-bond acceptors (Lipinski definition) is 5. The van der Waals surface area contributed by atoms with Gasteiger partial charge in [-0.1, -0.05) is 18.2 Å². The number of halogens is 1. The first-order valence-corrected chi connectivity index (χ1v) is 7.77. The first kappa shape index (κ1) is 17.5. The lowest BCUT2D eigenvalue weighted by atomic mass is 10.1. The van der Waals surface area contributed by atoms with Crippen molar-refractivity contribution >= 4 is 11.9 Å². The standard InChI is InChI=1S/C18H16FNO6/c1-24-13-8-10(9-14-16(13)26-7-6-25-14)17(21)20-15(18(22)23)11-4-2-3-5-12(11)19/h2-5,8-9,15H,6-7H2,1H3,(H,20,21)(H,22,23)/t15-/m0/s1. The summed E-state index contributed by atoms with van der Waals surface area (Å²) in [4.78, 5) is 24.1. The molecule has 0 aromatic heterocycles. The quantitative estimate of drug-likeness (QED) is 0.848. The van der Waals surface area contributed by atoms with Crippen molar-refractivity contribution in [2.75, 3.05) is 20.3 Å². The Morgan fingerprint density at radius 1 is 1.23 bits per heavy atom. The molecule has 2 aromatic rings. The minimum Gasteiger partial charge on any atom is -0.493 e. The lowest BCUT2D eigenvalue weighted by Gasteiger charge is -2.22. The average molecular weight is 361 g/mol. The molecule has 0 radical (unpaired) electrons. The van der Waals surface area contributed by atoms with Gasteiger partial charge in [0.15, 0.2) is 17.5 Å². The molecule has 136 valence electrons. The van der Waals surface area contributed by atoms with Crippen LogP contribution in [0, 0.1) is 5.82 Å². The number of hydrogen-bond donors (Lipinski definition) is 2. The maximum absolute atomic E-state index is 13.9. The molecule has 0 unspecified atom stereocenters. The zero-order chi connectivity index (χ0) is 18.7. The van der Waals surface area contributed by atoms with E-state index in [1.165, 1.54) is 37.4 Å². The lowest BCUT2D eigenvalue weighted by molar-refractivity contribution is -0.139. The van der Waals surface area contributed by atoms with Crippen molar-refractivity contribution in [1.82, 2.24) is 5.32 Å². The summed E-state index contributed by atoms with van der Waals surface area (Å²) in [6.45, 7) is 0.664. The van der Waals surface area contributed by atoms with Gasteiger partial charge in [-0.05, 0) is 18.2 Å². The monoisotopic (exact) mass is 361 g/mol. The van der Waals surface area contributed by atoms with E-state index >= 15 is 0 Å². The number of methoxy groups -OCH3 is 1. The van der Waals surface area contributed by atoms with E-state index in [1.807, 2.05) is 0 Å². The third kappa shape index (κ3) is 3.39. The molecule has 0 aliphatic carbocycles. The van der Waals surface area contributed by atoms with Crippen LogP contribution in [0.1, 0.15) is 22.0 Å². The highest BCUT2D eigenvalue weighted by molar-refractivity contribution is 5.98. The summed E-state index contributed by atoms with van der Waals surface area (Å²) in [6.07, 6.45) is 0. The molecule has 7 nitrogen and oxygen atoms in total. The molecule has 0 spiro atoms. The van der Waals surface area contributed by atoms with Gasteiger partial charge in [0.2, 0.25) is 5.75 Å². The fourth-order valence-corrected chi connectivity index (χ4v) is 2.60. The maximum Gasteiger partial charge on any atom is 0.331 e. The Kier molecular flexibility index (Phi) is 4.92. The highest BCUT2D eigenvalue weighted by Crippen LogP contribution is 2.40. The van der Waals surface area contributed by atoms with Crippen LogP contribution >= 0.6 is 0 Å². The van der Waals surface area contributed by atoms with Gasteiger partial charge < -0.3 is 24.6 Å². The molecule has 3 rings (SSSR count). The Balaban J connectivity index is 1.91. The normalized spacial score (nSPS) is 13.6. The summed E-state index contributed by atoms with van der Waals surface area (Å²) in [7, 11) is 1.41. The van der Waals surface area contributed by atoms with Crippen molar-refractivity contribution in [3.05, 3.63) is 53.3 Å². The van der Waals surface area contributed by atoms with Crippen LogP contribution in [0.15, 0.2) is 36.4 Å². The zero-order valence-corrected chi connectivity index (χ0v) is 13.8. The van der Waals surface area contributed by atoms with Crippen molar-refractivity contribution in [3.8, 4) is 17.2 Å². The van der Waals surface area contributed by atoms with Crippen molar-refractivity contribution in [2.24, 2.45) is 0 Å². The summed E-state index contributed by atoms with van der Waals surface area (Å²) >= 11 is 0. The third-order valence-electron chi connectivity index (χ3n) is 3.83. The van der Waals surface area contributed by atoms with Crippen LogP contribution in [0.25, 0.3) is 0 Å². The Hall–Kier alpha value is -3.29. The number of nitrogens with one attached hydrogen (secondary N) is 1. The minimum atomic E-state index is -1.54. The highest BCUT2D eigenvalue weighted by Gasteiger charge is 2.27. The molecule has 1 aliphatic rings. The van der Waals surface area contributed by atoms with Crippen LogP contribution < -0.4 is 19.5 Å². The number of carboxylic acids is 1. The number of carbonyl (C=O) groups is 2. The Bertz CT molecular complexity index is 836. The molecule has 0 saturated carbocycles. The SMILES string of the molecule is COc1cc(C(=O)N[C@H](C(=O)O)c2ccccc2F)cc2c1OCCO2. The van der Waals surface area contributed by atoms with Crippen LogP contribution in [0.5, 0.6) is 17.2 Å². The Labute approximate surface area is 148 Å². The Morgan fingerprint density at radius 3 is 2.65 bits per heavy atom. The van der Waals surface area contributed by atoms with Gasteiger partial charge in [-0.2, -0.15) is 0 Å². The minimum absolute atomic E-state index is 0.105. The van der Waals surface area contributed by atoms with Crippen LogP contribution in [-0.2, 0) is 4.79 Å². The van der Waals surface area contributed by atoms with Gasteiger partial charge in [0.05, 0.1) is 7.11 Å². The molecular weight excluding hydrogens is 345 g/mol. The van der Waals surface area contributed by atoms with Crippen molar-refractivity contribution in [2.45, 2.75) is 6.04 Å². The topological polar surface area (TPSA) is 94.1 Å². The second-order valence-electron chi connectivity index (χ2n) is 5.47. The highest BCUT2D eigenvalue weighted by atomic mass is 19.1. The smallest absolute Gasteiger partial charge is 0.331 e. The molecule has 0 bridgehead atoms. The number of aliphatic carboxylic acids is 1. The predicted octanol–water partition coefficient (Wildman–Crippen LogP) is 2.16. The molecular formula is C18H16FNO6. The molecule has 2 aromatic carbocycles. The van der Waals surface area contributed by atoms with E-state index in [9.17, 15) is 19.1 Å². The number of amides is 1. The van der Waals surface area contributed by atoms with Gasteiger partial charge in [0.1, 0.15) is 19.0 Å². The number of carbonyl (C=O) groups excluding carboxylic acids is 1. The van der Waals surface area contributed by atoms with Gasteiger partial charge in [0, 0.05) is 11.1 Å². The Morgan fingerprint density at radius 2 is 1.96 bits per heavy atom. The van der Waals surface area contributed by atoms with Crippen LogP contribution in [-0.4, -0.2) is 37.3 Å². The van der Waals surface area contributed by atoms with Gasteiger partial charge in [-0.3, -0.25) is 4.79 Å². The molecule has 2 N–H and O–H groups in total. The summed E-state index contributed by atoms with van der Waals surface area (Å²) in [5.74, 6) is -1.84. The summed E-state index contributed by atoms with van der Waals surface area (Å²) < 4.78 is 30.0. The maximum atomic E-state index is 13.9. The van der Waals surface area contributed by atoms with E-state index in [2.05, 4.69) is 5.32 Å². The van der Waals surface area contributed by atoms with E-state index < -0.39 is 23.7 Å². The molecule has 26 heavy (non-hydrogen) atoms. The van der Waals surface area contributed by atoms with Crippen molar-refractivity contribution in [3.63, 3.8) is 0 Å². The number of carboxylic acid groups (broad SMARTS) is 1. The third-order valence-corrected chi connectivity index (χ3v) is 3.83. The zero-order valence-electron chi connectivity index (χ0n) is 13.8. The van der Waals surface area contributed by atoms with E-state index in [0.717, 1.165) is 6.07 Å². The van der Waals surface area contributed by atoms with Crippen LogP contribution in [0.3, 0.4) is 0 Å². The van der Waals surface area contributed by atoms with Gasteiger partial charge in [-0.15, -0.1) is 0 Å². The first-order chi connectivity index (χ1) is 12.5. The molecule has 1 heterocycles. The summed E-state index contributed by atoms with van der Waals surface area (Å²) in [5.41, 5.74) is -0.0356. The molecule has 1 atom stereocenters. The van der Waals surface area contributed by atoms with E-state index in [0.29, 0.717) is 24.7 Å². The fraction of sp³-hybridized carbons (Fsp3) is 0.222. The largest absolute Gasteiger partial charge is 0.493 e. The van der Waals surface area contributed by atoms with Crippen molar-refractivity contribution < 1.29 is 33.3 Å². The van der Waals surface area contributed by atoms with E-state index in [4.69, 9.17) is 14.2 Å². The number of fused-ring (bicyclic) bond motifs is 1. The summed E-state index contributed by atoms with van der Waals surface area (Å²) in [6, 6.07) is 6.65. The van der Waals surface area contributed by atoms with Gasteiger partial charge >= 0.3 is 5.97 Å². The number of rotatable bonds is 5.